The van der Waals surface area contributed by atoms with Crippen LogP contribution in [0.3, 0.4) is 0 Å². The Bertz CT molecular complexity index is 335. The molecule has 0 atom stereocenters. The van der Waals surface area contributed by atoms with Gasteiger partial charge < -0.3 is 5.73 Å². The van der Waals surface area contributed by atoms with Gasteiger partial charge in [-0.15, -0.1) is 10.2 Å². The Morgan fingerprint density at radius 1 is 1.36 bits per heavy atom. The van der Waals surface area contributed by atoms with E-state index in [1.807, 2.05) is 0 Å². The van der Waals surface area contributed by atoms with Gasteiger partial charge in [0, 0.05) is 5.92 Å². The minimum Gasteiger partial charge on any atom is -0.382 e. The summed E-state index contributed by atoms with van der Waals surface area (Å²) in [7, 11) is 0. The first-order valence-electron chi connectivity index (χ1n) is 2.82. The number of nitrogens with two attached hydrogens (primary N) is 1. The van der Waals surface area contributed by atoms with Gasteiger partial charge in [0.15, 0.2) is 6.07 Å². The average Bonchev–Trinajstić information content (AvgIpc) is 2.04. The minimum atomic E-state index is 0.340. The number of hydrogen-bond acceptors (Lipinski definition) is 4. The maximum absolute atomic E-state index is 8.09. The molecule has 1 aromatic heterocycles. The van der Waals surface area contributed by atoms with Crippen LogP contribution in [0.15, 0.2) is 12.1 Å². The van der Waals surface area contributed by atoms with Crippen LogP contribution in [0.5, 0.6) is 0 Å². The van der Waals surface area contributed by atoms with Gasteiger partial charge in [0.25, 0.3) is 0 Å². The molecule has 0 aliphatic rings. The summed E-state index contributed by atoms with van der Waals surface area (Å²) in [6, 6.07) is 4.85. The summed E-state index contributed by atoms with van der Waals surface area (Å²) in [5.74, 6) is 5.02. The van der Waals surface area contributed by atoms with Crippen LogP contribution in [0.25, 0.3) is 0 Å². The Morgan fingerprint density at radius 2 is 2.18 bits per heavy atom. The Hall–Kier alpha value is -2.07. The first-order chi connectivity index (χ1) is 5.33. The molecule has 0 saturated carbocycles. The van der Waals surface area contributed by atoms with Crippen LogP contribution in [0.1, 0.15) is 5.69 Å². The van der Waals surface area contributed by atoms with Crippen molar-refractivity contribution in [1.82, 2.24) is 10.2 Å². The molecule has 0 unspecified atom stereocenters. The van der Waals surface area contributed by atoms with Gasteiger partial charge in [0.1, 0.15) is 11.5 Å². The molecular weight excluding hydrogens is 140 g/mol. The number of aromatic nitrogens is 2. The number of nitriles is 1. The lowest BCUT2D eigenvalue weighted by molar-refractivity contribution is 1.02. The molecule has 0 aliphatic carbocycles. The molecule has 11 heavy (non-hydrogen) atoms. The van der Waals surface area contributed by atoms with Gasteiger partial charge in [0.05, 0.1) is 0 Å². The molecule has 0 aromatic carbocycles. The zero-order valence-electron chi connectivity index (χ0n) is 5.57. The molecule has 0 spiro atoms. The fraction of sp³-hybridized carbons (Fsp3) is 0. The van der Waals surface area contributed by atoms with Gasteiger partial charge in [-0.1, -0.05) is 0 Å². The highest BCUT2D eigenvalue weighted by Crippen LogP contribution is 1.93. The van der Waals surface area contributed by atoms with Crippen molar-refractivity contribution in [2.75, 3.05) is 5.73 Å². The summed E-state index contributed by atoms with van der Waals surface area (Å²) in [6.07, 6.45) is 0. The summed E-state index contributed by atoms with van der Waals surface area (Å²) in [5.41, 5.74) is 5.71. The lowest BCUT2D eigenvalue weighted by Crippen LogP contribution is -1.93. The molecule has 0 radical (unpaired) electrons. The van der Waals surface area contributed by atoms with Crippen molar-refractivity contribution in [3.05, 3.63) is 17.8 Å². The number of anilines is 1. The van der Waals surface area contributed by atoms with Crippen LogP contribution in [-0.4, -0.2) is 10.2 Å². The molecule has 0 fully saturated rings. The van der Waals surface area contributed by atoms with Crippen molar-refractivity contribution in [1.29, 1.82) is 5.26 Å². The van der Waals surface area contributed by atoms with Crippen LogP contribution < -0.4 is 5.73 Å². The zero-order valence-corrected chi connectivity index (χ0v) is 5.57. The molecule has 1 aromatic rings. The minimum absolute atomic E-state index is 0.340. The van der Waals surface area contributed by atoms with Crippen molar-refractivity contribution >= 4 is 5.82 Å². The standard InChI is InChI=1S/C7H4N4/c8-5-1-2-6-3-4-7(9)11-10-6/h3-4H,(H2,9,11). The highest BCUT2D eigenvalue weighted by molar-refractivity contribution is 5.35. The fourth-order valence-electron chi connectivity index (χ4n) is 0.501. The van der Waals surface area contributed by atoms with Crippen LogP contribution in [0, 0.1) is 23.2 Å². The third kappa shape index (κ3) is 1.96. The van der Waals surface area contributed by atoms with E-state index in [1.165, 1.54) is 0 Å². The fourth-order valence-corrected chi connectivity index (χ4v) is 0.501. The van der Waals surface area contributed by atoms with Gasteiger partial charge in [-0.05, 0) is 18.1 Å². The maximum Gasteiger partial charge on any atom is 0.152 e. The molecule has 1 heterocycles. The Labute approximate surface area is 63.7 Å². The van der Waals surface area contributed by atoms with E-state index < -0.39 is 0 Å². The van der Waals surface area contributed by atoms with Crippen molar-refractivity contribution in [2.24, 2.45) is 0 Å². The number of nitrogen functional groups attached to an aromatic ring is 1. The van der Waals surface area contributed by atoms with E-state index in [4.69, 9.17) is 11.0 Å². The normalized spacial score (nSPS) is 7.55. The summed E-state index contributed by atoms with van der Waals surface area (Å²) in [5, 5.41) is 15.2. The lowest BCUT2D eigenvalue weighted by atomic mass is 10.4. The van der Waals surface area contributed by atoms with E-state index >= 15 is 0 Å². The van der Waals surface area contributed by atoms with E-state index in [-0.39, 0.29) is 0 Å². The average molecular weight is 144 g/mol. The Morgan fingerprint density at radius 3 is 2.73 bits per heavy atom. The third-order valence-electron chi connectivity index (χ3n) is 0.932. The number of hydrogen-bond donors (Lipinski definition) is 1. The second-order valence-corrected chi connectivity index (χ2v) is 1.71. The predicted octanol–water partition coefficient (Wildman–Crippen LogP) is -0.0661. The highest BCUT2D eigenvalue weighted by Gasteiger charge is 1.87. The second-order valence-electron chi connectivity index (χ2n) is 1.71. The summed E-state index contributed by atoms with van der Waals surface area (Å²) in [6.45, 7) is 0. The van der Waals surface area contributed by atoms with Crippen LogP contribution >= 0.6 is 0 Å². The van der Waals surface area contributed by atoms with Crippen LogP contribution in [0.4, 0.5) is 5.82 Å². The molecule has 52 valence electrons. The highest BCUT2D eigenvalue weighted by atomic mass is 15.1. The largest absolute Gasteiger partial charge is 0.382 e. The lowest BCUT2D eigenvalue weighted by Gasteiger charge is -1.87. The SMILES string of the molecule is N#CC#Cc1ccc(N)nn1. The van der Waals surface area contributed by atoms with Gasteiger partial charge in [0.2, 0.25) is 0 Å². The van der Waals surface area contributed by atoms with E-state index in [9.17, 15) is 0 Å². The Balaban J connectivity index is 2.93. The first-order valence-corrected chi connectivity index (χ1v) is 2.82. The maximum atomic E-state index is 8.09. The number of nitrogens with zero attached hydrogens (tertiary/aromatic N) is 3. The Kier molecular flexibility index (Phi) is 2.04. The van der Waals surface area contributed by atoms with Crippen molar-refractivity contribution in [3.8, 4) is 17.9 Å². The smallest absolute Gasteiger partial charge is 0.152 e. The van der Waals surface area contributed by atoms with Crippen LogP contribution in [0.2, 0.25) is 0 Å². The van der Waals surface area contributed by atoms with E-state index in [0.717, 1.165) is 0 Å². The molecule has 4 nitrogen and oxygen atoms in total. The van der Waals surface area contributed by atoms with Crippen molar-refractivity contribution in [2.45, 2.75) is 0 Å². The van der Waals surface area contributed by atoms with Crippen LogP contribution in [-0.2, 0) is 0 Å². The topological polar surface area (TPSA) is 75.6 Å². The second kappa shape index (κ2) is 3.19. The summed E-state index contributed by atoms with van der Waals surface area (Å²) in [4.78, 5) is 0. The van der Waals surface area contributed by atoms with E-state index in [1.54, 1.807) is 18.2 Å². The quantitative estimate of drug-likeness (QED) is 0.517. The molecule has 0 amide bonds. The summed E-state index contributed by atoms with van der Waals surface area (Å²) >= 11 is 0. The number of rotatable bonds is 0. The van der Waals surface area contributed by atoms with Crippen molar-refractivity contribution in [3.63, 3.8) is 0 Å². The summed E-state index contributed by atoms with van der Waals surface area (Å²) < 4.78 is 0. The predicted molar refractivity (Wildman–Crippen MR) is 38.9 cm³/mol. The van der Waals surface area contributed by atoms with E-state index in [2.05, 4.69) is 22.0 Å². The van der Waals surface area contributed by atoms with Crippen molar-refractivity contribution < 1.29 is 0 Å². The molecule has 4 heteroatoms. The van der Waals surface area contributed by atoms with Gasteiger partial charge in [-0.25, -0.2) is 0 Å². The first kappa shape index (κ1) is 7.04. The van der Waals surface area contributed by atoms with Gasteiger partial charge in [-0.3, -0.25) is 0 Å². The molecule has 0 bridgehead atoms. The molecule has 0 aliphatic heterocycles. The zero-order chi connectivity index (χ0) is 8.10. The molecule has 1 rings (SSSR count). The molecular formula is C7H4N4. The van der Waals surface area contributed by atoms with Gasteiger partial charge >= 0.3 is 0 Å². The molecule has 2 N–H and O–H groups in total. The monoisotopic (exact) mass is 144 g/mol. The third-order valence-corrected chi connectivity index (χ3v) is 0.932. The van der Waals surface area contributed by atoms with E-state index in [0.29, 0.717) is 11.5 Å². The van der Waals surface area contributed by atoms with Gasteiger partial charge in [-0.2, -0.15) is 5.26 Å². The molecule has 0 saturated heterocycles.